The largest absolute Gasteiger partial charge is 0.497 e. The molecular weight excluding hydrogens is 448 g/mol. The summed E-state index contributed by atoms with van der Waals surface area (Å²) in [4.78, 5) is 37.5. The molecule has 2 aliphatic heterocycles. The first-order valence-electron chi connectivity index (χ1n) is 10.8. The van der Waals surface area contributed by atoms with Gasteiger partial charge in [0, 0.05) is 17.3 Å². The van der Waals surface area contributed by atoms with Crippen molar-refractivity contribution in [2.24, 2.45) is 9.98 Å². The molecule has 3 aromatic rings. The minimum Gasteiger partial charge on any atom is -0.497 e. The van der Waals surface area contributed by atoms with Gasteiger partial charge in [-0.3, -0.25) is 9.59 Å². The van der Waals surface area contributed by atoms with Gasteiger partial charge in [0.05, 0.1) is 18.0 Å². The van der Waals surface area contributed by atoms with Gasteiger partial charge in [-0.1, -0.05) is 60.3 Å². The molecule has 2 aliphatic rings. The number of methoxy groups -OCH3 is 1. The first-order chi connectivity index (χ1) is 16.5. The standard InChI is InChI=1S/C26H22N4O3S/c1-16(24(31)27-18-11-8-12-19(15-18)33-2)34-26-28-21-14-7-6-13-20(21)23-29-22(25(32)30(23)26)17-9-4-3-5-10-17/h3-16,22H,1-2H3,(H,27,31)/t16-,22-/m1/s1. The van der Waals surface area contributed by atoms with Crippen LogP contribution in [-0.2, 0) is 9.59 Å². The van der Waals surface area contributed by atoms with Gasteiger partial charge in [-0.2, -0.15) is 0 Å². The molecule has 0 fully saturated rings. The molecule has 2 amide bonds. The van der Waals surface area contributed by atoms with E-state index < -0.39 is 11.3 Å². The molecule has 3 aromatic carbocycles. The van der Waals surface area contributed by atoms with Gasteiger partial charge >= 0.3 is 0 Å². The average molecular weight is 471 g/mol. The monoisotopic (exact) mass is 470 g/mol. The molecule has 170 valence electrons. The minimum absolute atomic E-state index is 0.178. The average Bonchev–Trinajstić information content (AvgIpc) is 3.22. The van der Waals surface area contributed by atoms with Gasteiger partial charge < -0.3 is 10.1 Å². The van der Waals surface area contributed by atoms with Crippen LogP contribution in [0.5, 0.6) is 5.75 Å². The molecule has 0 bridgehead atoms. The van der Waals surface area contributed by atoms with Gasteiger partial charge in [0.25, 0.3) is 5.91 Å². The smallest absolute Gasteiger partial charge is 0.263 e. The van der Waals surface area contributed by atoms with Crippen molar-refractivity contribution >= 4 is 46.0 Å². The van der Waals surface area contributed by atoms with Crippen molar-refractivity contribution in [1.29, 1.82) is 0 Å². The first kappa shape index (κ1) is 21.9. The van der Waals surface area contributed by atoms with Crippen molar-refractivity contribution in [3.63, 3.8) is 0 Å². The highest BCUT2D eigenvalue weighted by atomic mass is 32.2. The summed E-state index contributed by atoms with van der Waals surface area (Å²) in [7, 11) is 1.58. The molecule has 0 saturated carbocycles. The number of carbonyl (C=O) groups excluding carboxylic acids is 2. The third kappa shape index (κ3) is 4.08. The number of aliphatic imine (C=N–C) groups is 2. The number of hydrogen-bond acceptors (Lipinski definition) is 6. The molecule has 34 heavy (non-hydrogen) atoms. The Morgan fingerprint density at radius 2 is 1.82 bits per heavy atom. The van der Waals surface area contributed by atoms with E-state index in [1.807, 2.05) is 66.7 Å². The number of nitrogens with zero attached hydrogens (tertiary/aromatic N) is 3. The van der Waals surface area contributed by atoms with Gasteiger partial charge in [-0.15, -0.1) is 0 Å². The van der Waals surface area contributed by atoms with E-state index in [0.29, 0.717) is 22.4 Å². The number of ether oxygens (including phenoxy) is 1. The number of amidine groups is 2. The molecule has 8 heteroatoms. The van der Waals surface area contributed by atoms with Crippen LogP contribution in [-0.4, -0.2) is 40.1 Å². The number of hydrogen-bond donors (Lipinski definition) is 1. The Morgan fingerprint density at radius 3 is 2.62 bits per heavy atom. The molecule has 0 spiro atoms. The number of amides is 2. The van der Waals surface area contributed by atoms with Crippen LogP contribution in [0.1, 0.15) is 24.1 Å². The lowest BCUT2D eigenvalue weighted by Crippen LogP contribution is -2.41. The van der Waals surface area contributed by atoms with Crippen molar-refractivity contribution < 1.29 is 14.3 Å². The van der Waals surface area contributed by atoms with E-state index in [2.05, 4.69) is 5.32 Å². The Hall–Kier alpha value is -3.91. The van der Waals surface area contributed by atoms with Crippen molar-refractivity contribution in [3.8, 4) is 5.75 Å². The van der Waals surface area contributed by atoms with Crippen LogP contribution in [0.4, 0.5) is 11.4 Å². The van der Waals surface area contributed by atoms with E-state index in [1.165, 1.54) is 11.8 Å². The minimum atomic E-state index is -0.644. The fourth-order valence-electron chi connectivity index (χ4n) is 3.84. The second-order valence-corrected chi connectivity index (χ2v) is 9.14. The number of anilines is 1. The van der Waals surface area contributed by atoms with E-state index in [-0.39, 0.29) is 11.8 Å². The second kappa shape index (κ2) is 9.15. The van der Waals surface area contributed by atoms with Gasteiger partial charge in [-0.25, -0.2) is 14.9 Å². The number of nitrogens with one attached hydrogen (secondary N) is 1. The van der Waals surface area contributed by atoms with Crippen molar-refractivity contribution in [2.75, 3.05) is 12.4 Å². The van der Waals surface area contributed by atoms with Crippen molar-refractivity contribution in [1.82, 2.24) is 4.90 Å². The topological polar surface area (TPSA) is 83.4 Å². The van der Waals surface area contributed by atoms with Crippen molar-refractivity contribution in [2.45, 2.75) is 18.2 Å². The van der Waals surface area contributed by atoms with Crippen LogP contribution in [0.2, 0.25) is 0 Å². The predicted octanol–water partition coefficient (Wildman–Crippen LogP) is 4.79. The van der Waals surface area contributed by atoms with E-state index in [9.17, 15) is 9.59 Å². The Kier molecular flexibility index (Phi) is 5.90. The maximum atomic E-state index is 13.5. The van der Waals surface area contributed by atoms with Gasteiger partial charge in [-0.05, 0) is 36.8 Å². The molecule has 5 rings (SSSR count). The van der Waals surface area contributed by atoms with E-state index in [4.69, 9.17) is 14.7 Å². The molecule has 0 radical (unpaired) electrons. The molecule has 2 atom stereocenters. The zero-order chi connectivity index (χ0) is 23.7. The second-order valence-electron chi connectivity index (χ2n) is 7.83. The van der Waals surface area contributed by atoms with Crippen LogP contribution in [0.3, 0.4) is 0 Å². The Balaban J connectivity index is 1.42. The van der Waals surface area contributed by atoms with Crippen LogP contribution >= 0.6 is 11.8 Å². The summed E-state index contributed by atoms with van der Waals surface area (Å²) < 4.78 is 5.22. The lowest BCUT2D eigenvalue weighted by molar-refractivity contribution is -0.124. The number of para-hydroxylation sites is 1. The van der Waals surface area contributed by atoms with Crippen molar-refractivity contribution in [3.05, 3.63) is 90.0 Å². The molecule has 0 aliphatic carbocycles. The number of thioether (sulfide) groups is 1. The Labute approximate surface area is 201 Å². The summed E-state index contributed by atoms with van der Waals surface area (Å²) in [6.45, 7) is 1.79. The quantitative estimate of drug-likeness (QED) is 0.581. The molecule has 2 heterocycles. The summed E-state index contributed by atoms with van der Waals surface area (Å²) in [5, 5.41) is 2.83. The Bertz CT molecular complexity index is 1320. The van der Waals surface area contributed by atoms with Crippen LogP contribution in [0, 0.1) is 0 Å². The van der Waals surface area contributed by atoms with Gasteiger partial charge in [0.15, 0.2) is 11.2 Å². The molecule has 1 N–H and O–H groups in total. The van der Waals surface area contributed by atoms with Gasteiger partial charge in [0.1, 0.15) is 11.6 Å². The third-order valence-electron chi connectivity index (χ3n) is 5.57. The summed E-state index contributed by atoms with van der Waals surface area (Å²) in [6, 6.07) is 23.6. The predicted molar refractivity (Wildman–Crippen MR) is 135 cm³/mol. The maximum Gasteiger partial charge on any atom is 0.263 e. The van der Waals surface area contributed by atoms with E-state index in [1.54, 1.807) is 31.1 Å². The normalized spacial score (nSPS) is 17.3. The number of carbonyl (C=O) groups is 2. The first-order valence-corrected chi connectivity index (χ1v) is 11.7. The number of rotatable bonds is 5. The Morgan fingerprint density at radius 1 is 1.06 bits per heavy atom. The lowest BCUT2D eigenvalue weighted by atomic mass is 10.1. The molecular formula is C26H22N4O3S. The fourth-order valence-corrected chi connectivity index (χ4v) is 4.75. The van der Waals surface area contributed by atoms with Gasteiger partial charge in [0.2, 0.25) is 5.91 Å². The maximum absolute atomic E-state index is 13.5. The van der Waals surface area contributed by atoms with E-state index >= 15 is 0 Å². The summed E-state index contributed by atoms with van der Waals surface area (Å²) >= 11 is 1.23. The highest BCUT2D eigenvalue weighted by Crippen LogP contribution is 2.38. The van der Waals surface area contributed by atoms with Crippen LogP contribution < -0.4 is 10.1 Å². The molecule has 0 saturated heterocycles. The summed E-state index contributed by atoms with van der Waals surface area (Å²) in [5.41, 5.74) is 2.98. The SMILES string of the molecule is COc1cccc(NC(=O)[C@@H](C)SC2=Nc3ccccc3C3=N[C@H](c4ccccc4)C(=O)N23)c1. The zero-order valence-electron chi connectivity index (χ0n) is 18.6. The highest BCUT2D eigenvalue weighted by Gasteiger charge is 2.42. The zero-order valence-corrected chi connectivity index (χ0v) is 19.5. The molecule has 7 nitrogen and oxygen atoms in total. The number of benzene rings is 3. The van der Waals surface area contributed by atoms with E-state index in [0.717, 1.165) is 16.8 Å². The summed E-state index contributed by atoms with van der Waals surface area (Å²) in [6.07, 6.45) is 0. The molecule has 0 unspecified atom stereocenters. The van der Waals surface area contributed by atoms with Crippen LogP contribution in [0.15, 0.2) is 88.8 Å². The lowest BCUT2D eigenvalue weighted by Gasteiger charge is -2.26. The summed E-state index contributed by atoms with van der Waals surface area (Å²) in [5.74, 6) is 0.834. The third-order valence-corrected chi connectivity index (χ3v) is 6.63. The number of fused-ring (bicyclic) bond motifs is 3. The van der Waals surface area contributed by atoms with Crippen LogP contribution in [0.25, 0.3) is 0 Å². The highest BCUT2D eigenvalue weighted by molar-refractivity contribution is 8.15. The fraction of sp³-hybridized carbons (Fsp3) is 0.154. The molecule has 0 aromatic heterocycles.